The summed E-state index contributed by atoms with van der Waals surface area (Å²) in [5.74, 6) is 0. The van der Waals surface area contributed by atoms with E-state index >= 15 is 0 Å². The molecule has 0 aliphatic heterocycles. The minimum atomic E-state index is -2.97. The van der Waals surface area contributed by atoms with E-state index in [1.165, 1.54) is 14.2 Å². The lowest BCUT2D eigenvalue weighted by atomic mass is 10.3. The van der Waals surface area contributed by atoms with Crippen LogP contribution in [0, 0.1) is 0 Å². The monoisotopic (exact) mass is 196 g/mol. The number of hydrogen-bond acceptors (Lipinski definition) is 4. The van der Waals surface area contributed by atoms with Crippen molar-refractivity contribution in [3.63, 3.8) is 0 Å². The van der Waals surface area contributed by atoms with Gasteiger partial charge in [-0.25, -0.2) is 0 Å². The standard InChI is InChI=1S/C7H17O4P/c1-5-7(2)11-6-12(8,9-3)10-4/h7H,5-6H2,1-4H3/t7-/m0/s1. The van der Waals surface area contributed by atoms with Crippen molar-refractivity contribution in [3.05, 3.63) is 0 Å². The zero-order chi connectivity index (χ0) is 9.61. The van der Waals surface area contributed by atoms with Gasteiger partial charge in [0.1, 0.15) is 6.35 Å². The molecular weight excluding hydrogens is 179 g/mol. The van der Waals surface area contributed by atoms with E-state index in [4.69, 9.17) is 13.8 Å². The fourth-order valence-corrected chi connectivity index (χ4v) is 1.31. The average molecular weight is 196 g/mol. The molecule has 0 N–H and O–H groups in total. The number of rotatable bonds is 6. The third-order valence-electron chi connectivity index (χ3n) is 1.65. The van der Waals surface area contributed by atoms with Crippen LogP contribution < -0.4 is 0 Å². The molecule has 0 radical (unpaired) electrons. The van der Waals surface area contributed by atoms with Crippen LogP contribution in [-0.2, 0) is 18.3 Å². The molecule has 0 spiro atoms. The van der Waals surface area contributed by atoms with E-state index in [1.54, 1.807) is 0 Å². The van der Waals surface area contributed by atoms with Gasteiger partial charge in [-0.3, -0.25) is 4.57 Å². The van der Waals surface area contributed by atoms with Crippen LogP contribution in [0.1, 0.15) is 20.3 Å². The SMILES string of the molecule is CC[C@H](C)OCP(=O)(OC)OC. The molecule has 5 heteroatoms. The maximum absolute atomic E-state index is 11.4. The van der Waals surface area contributed by atoms with Gasteiger partial charge >= 0.3 is 7.60 Å². The molecule has 0 aromatic heterocycles. The fraction of sp³-hybridized carbons (Fsp3) is 1.00. The molecule has 1 atom stereocenters. The molecule has 0 heterocycles. The zero-order valence-electron chi connectivity index (χ0n) is 8.07. The van der Waals surface area contributed by atoms with Crippen molar-refractivity contribution in [2.75, 3.05) is 20.6 Å². The summed E-state index contributed by atoms with van der Waals surface area (Å²) >= 11 is 0. The molecule has 74 valence electrons. The maximum atomic E-state index is 11.4. The van der Waals surface area contributed by atoms with Gasteiger partial charge in [-0.15, -0.1) is 0 Å². The van der Waals surface area contributed by atoms with Gasteiger partial charge in [-0.05, 0) is 13.3 Å². The van der Waals surface area contributed by atoms with Crippen molar-refractivity contribution < 1.29 is 18.3 Å². The molecular formula is C7H17O4P. The van der Waals surface area contributed by atoms with Crippen molar-refractivity contribution in [3.8, 4) is 0 Å². The molecule has 0 aromatic rings. The average Bonchev–Trinajstić information content (AvgIpc) is 2.13. The van der Waals surface area contributed by atoms with E-state index in [2.05, 4.69) is 0 Å². The Morgan fingerprint density at radius 2 is 1.83 bits per heavy atom. The van der Waals surface area contributed by atoms with Gasteiger partial charge in [0.05, 0.1) is 6.10 Å². The van der Waals surface area contributed by atoms with E-state index in [0.29, 0.717) is 0 Å². The molecule has 0 unspecified atom stereocenters. The largest absolute Gasteiger partial charge is 0.366 e. The Kier molecular flexibility index (Phi) is 5.76. The Hall–Kier alpha value is 0.110. The Balaban J connectivity index is 3.81. The minimum Gasteiger partial charge on any atom is -0.366 e. The van der Waals surface area contributed by atoms with Crippen molar-refractivity contribution in [1.82, 2.24) is 0 Å². The molecule has 0 saturated heterocycles. The summed E-state index contributed by atoms with van der Waals surface area (Å²) in [5.41, 5.74) is 0. The molecule has 4 nitrogen and oxygen atoms in total. The normalized spacial score (nSPS) is 14.7. The highest BCUT2D eigenvalue weighted by Crippen LogP contribution is 2.46. The lowest BCUT2D eigenvalue weighted by Gasteiger charge is -2.16. The highest BCUT2D eigenvalue weighted by Gasteiger charge is 2.21. The van der Waals surface area contributed by atoms with Crippen LogP contribution in [0.15, 0.2) is 0 Å². The Bertz CT molecular complexity index is 151. The van der Waals surface area contributed by atoms with Gasteiger partial charge in [-0.1, -0.05) is 6.92 Å². The fourth-order valence-electron chi connectivity index (χ4n) is 0.516. The van der Waals surface area contributed by atoms with E-state index in [0.717, 1.165) is 6.42 Å². The van der Waals surface area contributed by atoms with E-state index in [9.17, 15) is 4.57 Å². The summed E-state index contributed by atoms with van der Waals surface area (Å²) in [6.45, 7) is 3.91. The summed E-state index contributed by atoms with van der Waals surface area (Å²) in [5, 5.41) is 0. The third kappa shape index (κ3) is 4.21. The van der Waals surface area contributed by atoms with Crippen LogP contribution in [0.5, 0.6) is 0 Å². The third-order valence-corrected chi connectivity index (χ3v) is 3.23. The Labute approximate surface area is 73.7 Å². The second-order valence-electron chi connectivity index (χ2n) is 2.49. The van der Waals surface area contributed by atoms with Crippen molar-refractivity contribution in [1.29, 1.82) is 0 Å². The molecule has 12 heavy (non-hydrogen) atoms. The summed E-state index contributed by atoms with van der Waals surface area (Å²) in [6, 6.07) is 0. The van der Waals surface area contributed by atoms with Gasteiger partial charge in [0.15, 0.2) is 0 Å². The first-order chi connectivity index (χ1) is 5.58. The van der Waals surface area contributed by atoms with Crippen molar-refractivity contribution >= 4 is 7.60 Å². The quantitative estimate of drug-likeness (QED) is 0.611. The van der Waals surface area contributed by atoms with Gasteiger partial charge in [0, 0.05) is 14.2 Å². The first-order valence-corrected chi connectivity index (χ1v) is 5.63. The second-order valence-corrected chi connectivity index (χ2v) is 4.70. The second kappa shape index (κ2) is 5.70. The van der Waals surface area contributed by atoms with E-state index < -0.39 is 7.60 Å². The predicted molar refractivity (Wildman–Crippen MR) is 47.3 cm³/mol. The van der Waals surface area contributed by atoms with Crippen molar-refractivity contribution in [2.45, 2.75) is 26.4 Å². The molecule has 0 aliphatic carbocycles. The Morgan fingerprint density at radius 1 is 1.33 bits per heavy atom. The molecule has 0 aliphatic rings. The van der Waals surface area contributed by atoms with E-state index in [1.807, 2.05) is 13.8 Å². The van der Waals surface area contributed by atoms with Gasteiger partial charge in [0.2, 0.25) is 0 Å². The van der Waals surface area contributed by atoms with Gasteiger partial charge in [-0.2, -0.15) is 0 Å². The molecule has 0 rings (SSSR count). The first kappa shape index (κ1) is 12.1. The molecule has 0 saturated carbocycles. The van der Waals surface area contributed by atoms with Crippen molar-refractivity contribution in [2.24, 2.45) is 0 Å². The van der Waals surface area contributed by atoms with Crippen LogP contribution in [0.4, 0.5) is 0 Å². The molecule has 0 fully saturated rings. The Morgan fingerprint density at radius 3 is 2.17 bits per heavy atom. The number of hydrogen-bond donors (Lipinski definition) is 0. The summed E-state index contributed by atoms with van der Waals surface area (Å²) in [4.78, 5) is 0. The lowest BCUT2D eigenvalue weighted by molar-refractivity contribution is 0.0806. The van der Waals surface area contributed by atoms with E-state index in [-0.39, 0.29) is 12.5 Å². The van der Waals surface area contributed by atoms with Crippen LogP contribution in [-0.4, -0.2) is 26.7 Å². The van der Waals surface area contributed by atoms with Gasteiger partial charge < -0.3 is 13.8 Å². The van der Waals surface area contributed by atoms with Crippen LogP contribution in [0.2, 0.25) is 0 Å². The maximum Gasteiger partial charge on any atom is 0.355 e. The zero-order valence-corrected chi connectivity index (χ0v) is 8.97. The topological polar surface area (TPSA) is 44.8 Å². The van der Waals surface area contributed by atoms with Crippen LogP contribution >= 0.6 is 7.60 Å². The summed E-state index contributed by atoms with van der Waals surface area (Å²) in [7, 11) is -0.268. The summed E-state index contributed by atoms with van der Waals surface area (Å²) in [6.07, 6.45) is 0.992. The highest BCUT2D eigenvalue weighted by atomic mass is 31.2. The first-order valence-electron chi connectivity index (χ1n) is 3.90. The van der Waals surface area contributed by atoms with Crippen LogP contribution in [0.25, 0.3) is 0 Å². The molecule has 0 amide bonds. The predicted octanol–water partition coefficient (Wildman–Crippen LogP) is 2.24. The number of ether oxygens (including phenoxy) is 1. The smallest absolute Gasteiger partial charge is 0.355 e. The minimum absolute atomic E-state index is 0.0228. The van der Waals surface area contributed by atoms with Gasteiger partial charge in [0.25, 0.3) is 0 Å². The molecule has 0 aromatic carbocycles. The van der Waals surface area contributed by atoms with Crippen LogP contribution in [0.3, 0.4) is 0 Å². The summed E-state index contributed by atoms with van der Waals surface area (Å²) < 4.78 is 26.0. The highest BCUT2D eigenvalue weighted by molar-refractivity contribution is 7.53. The molecule has 0 bridgehead atoms. The lowest BCUT2D eigenvalue weighted by Crippen LogP contribution is -2.09.